The molecule has 1 aliphatic rings. The third-order valence-electron chi connectivity index (χ3n) is 3.88. The lowest BCUT2D eigenvalue weighted by Gasteiger charge is -2.17. The van der Waals surface area contributed by atoms with Crippen molar-refractivity contribution in [1.82, 2.24) is 10.6 Å². The monoisotopic (exact) mass is 376 g/mol. The third-order valence-corrected chi connectivity index (χ3v) is 4.53. The second-order valence-corrected chi connectivity index (χ2v) is 6.68. The van der Waals surface area contributed by atoms with Crippen LogP contribution in [-0.2, 0) is 11.3 Å². The largest absolute Gasteiger partial charge is 0.459 e. The normalized spacial score (nSPS) is 13.3. The molecule has 0 fully saturated rings. The van der Waals surface area contributed by atoms with Crippen molar-refractivity contribution >= 4 is 23.6 Å². The topological polar surface area (TPSA) is 89.8 Å². The first-order chi connectivity index (χ1) is 12.7. The summed E-state index contributed by atoms with van der Waals surface area (Å²) in [6.07, 6.45) is 3.90. The molecule has 1 aliphatic heterocycles. The van der Waals surface area contributed by atoms with Gasteiger partial charge in [0.05, 0.1) is 6.26 Å². The minimum Gasteiger partial charge on any atom is -0.459 e. The molecule has 1 atom stereocenters. The molecule has 138 valence electrons. The molecule has 0 spiro atoms. The molecule has 3 rings (SSSR count). The number of nitrogens with one attached hydrogen (secondary N) is 2. The van der Waals surface area contributed by atoms with E-state index in [0.29, 0.717) is 24.5 Å². The van der Waals surface area contributed by atoms with E-state index in [0.717, 1.165) is 11.3 Å². The lowest BCUT2D eigenvalue weighted by Crippen LogP contribution is -2.46. The minimum atomic E-state index is -0.630. The van der Waals surface area contributed by atoms with Crippen molar-refractivity contribution in [2.75, 3.05) is 18.8 Å². The van der Waals surface area contributed by atoms with Gasteiger partial charge in [0.2, 0.25) is 12.7 Å². The van der Waals surface area contributed by atoms with E-state index in [9.17, 15) is 9.59 Å². The molecule has 0 aliphatic carbocycles. The second kappa shape index (κ2) is 8.66. The zero-order valence-corrected chi connectivity index (χ0v) is 15.1. The number of hydrogen-bond acceptors (Lipinski definition) is 6. The quantitative estimate of drug-likeness (QED) is 0.734. The number of furan rings is 1. The Morgan fingerprint density at radius 2 is 2.08 bits per heavy atom. The fourth-order valence-electron chi connectivity index (χ4n) is 2.50. The van der Waals surface area contributed by atoms with Crippen LogP contribution in [0.4, 0.5) is 0 Å². The molecular weight excluding hydrogens is 356 g/mol. The van der Waals surface area contributed by atoms with Crippen LogP contribution in [0.1, 0.15) is 22.5 Å². The average Bonchev–Trinajstić information content (AvgIpc) is 3.34. The molecule has 7 nitrogen and oxygen atoms in total. The molecule has 2 amide bonds. The highest BCUT2D eigenvalue weighted by molar-refractivity contribution is 7.98. The summed E-state index contributed by atoms with van der Waals surface area (Å²) < 4.78 is 15.7. The summed E-state index contributed by atoms with van der Waals surface area (Å²) in [4.78, 5) is 24.7. The molecule has 8 heteroatoms. The van der Waals surface area contributed by atoms with E-state index < -0.39 is 11.9 Å². The summed E-state index contributed by atoms with van der Waals surface area (Å²) in [5.74, 6) is 1.66. The summed E-state index contributed by atoms with van der Waals surface area (Å²) >= 11 is 1.61. The molecule has 0 radical (unpaired) electrons. The molecule has 0 saturated heterocycles. The number of ether oxygens (including phenoxy) is 2. The Labute approximate surface area is 155 Å². The predicted octanol–water partition coefficient (Wildman–Crippen LogP) is 2.18. The van der Waals surface area contributed by atoms with Gasteiger partial charge in [-0.25, -0.2) is 0 Å². The first kappa shape index (κ1) is 18.2. The first-order valence-electron chi connectivity index (χ1n) is 8.17. The van der Waals surface area contributed by atoms with Crippen LogP contribution in [0.25, 0.3) is 0 Å². The van der Waals surface area contributed by atoms with Crippen LogP contribution in [0.15, 0.2) is 41.0 Å². The standard InChI is InChI=1S/C18H20N2O5S/c1-26-8-6-13(20-18(22)15-3-2-7-23-15)17(21)19-10-12-4-5-14-16(9-12)25-11-24-14/h2-5,7,9,13H,6,8,10-11H2,1H3,(H,19,21)(H,20,22)/t13-/m0/s1. The molecule has 2 heterocycles. The van der Waals surface area contributed by atoms with Crippen molar-refractivity contribution in [2.24, 2.45) is 0 Å². The van der Waals surface area contributed by atoms with E-state index in [-0.39, 0.29) is 18.5 Å². The summed E-state index contributed by atoms with van der Waals surface area (Å²) in [6.45, 7) is 0.544. The Bertz CT molecular complexity index is 763. The third kappa shape index (κ3) is 4.51. The van der Waals surface area contributed by atoms with Crippen molar-refractivity contribution in [1.29, 1.82) is 0 Å². The van der Waals surface area contributed by atoms with E-state index in [1.54, 1.807) is 23.9 Å². The number of rotatable bonds is 8. The van der Waals surface area contributed by atoms with E-state index in [1.807, 2.05) is 24.5 Å². The van der Waals surface area contributed by atoms with Crippen LogP contribution in [0.3, 0.4) is 0 Å². The van der Waals surface area contributed by atoms with Crippen LogP contribution in [0.2, 0.25) is 0 Å². The van der Waals surface area contributed by atoms with Gasteiger partial charge in [-0.1, -0.05) is 6.07 Å². The van der Waals surface area contributed by atoms with Crippen LogP contribution < -0.4 is 20.1 Å². The highest BCUT2D eigenvalue weighted by Crippen LogP contribution is 2.32. The van der Waals surface area contributed by atoms with Crippen LogP contribution in [0.5, 0.6) is 11.5 Å². The Morgan fingerprint density at radius 1 is 1.23 bits per heavy atom. The molecule has 1 aromatic carbocycles. The van der Waals surface area contributed by atoms with Gasteiger partial charge in [-0.2, -0.15) is 11.8 Å². The van der Waals surface area contributed by atoms with Crippen molar-refractivity contribution in [3.63, 3.8) is 0 Å². The van der Waals surface area contributed by atoms with Crippen LogP contribution in [0, 0.1) is 0 Å². The van der Waals surface area contributed by atoms with Crippen LogP contribution >= 0.6 is 11.8 Å². The Balaban J connectivity index is 1.58. The first-order valence-corrected chi connectivity index (χ1v) is 9.56. The molecule has 2 aromatic rings. The molecule has 0 unspecified atom stereocenters. The maximum atomic E-state index is 12.5. The summed E-state index contributed by atoms with van der Waals surface area (Å²) in [7, 11) is 0. The van der Waals surface area contributed by atoms with Gasteiger partial charge in [-0.05, 0) is 48.3 Å². The maximum Gasteiger partial charge on any atom is 0.287 e. The fraction of sp³-hybridized carbons (Fsp3) is 0.333. The number of carbonyl (C=O) groups excluding carboxylic acids is 2. The molecule has 26 heavy (non-hydrogen) atoms. The Morgan fingerprint density at radius 3 is 2.85 bits per heavy atom. The number of amides is 2. The molecule has 0 bridgehead atoms. The summed E-state index contributed by atoms with van der Waals surface area (Å²) in [5.41, 5.74) is 0.892. The number of hydrogen-bond donors (Lipinski definition) is 2. The maximum absolute atomic E-state index is 12.5. The smallest absolute Gasteiger partial charge is 0.287 e. The fourth-order valence-corrected chi connectivity index (χ4v) is 2.98. The highest BCUT2D eigenvalue weighted by atomic mass is 32.2. The number of thioether (sulfide) groups is 1. The minimum absolute atomic E-state index is 0.183. The predicted molar refractivity (Wildman–Crippen MR) is 97.4 cm³/mol. The average molecular weight is 376 g/mol. The van der Waals surface area contributed by atoms with Crippen molar-refractivity contribution in [2.45, 2.75) is 19.0 Å². The van der Waals surface area contributed by atoms with E-state index in [2.05, 4.69) is 10.6 Å². The van der Waals surface area contributed by atoms with Gasteiger partial charge in [-0.15, -0.1) is 0 Å². The molecule has 0 saturated carbocycles. The van der Waals surface area contributed by atoms with Gasteiger partial charge in [0.15, 0.2) is 17.3 Å². The summed E-state index contributed by atoms with van der Waals surface area (Å²) in [6, 6.07) is 8.08. The van der Waals surface area contributed by atoms with Gasteiger partial charge in [-0.3, -0.25) is 9.59 Å². The summed E-state index contributed by atoms with van der Waals surface area (Å²) in [5, 5.41) is 5.59. The zero-order chi connectivity index (χ0) is 18.4. The van der Waals surface area contributed by atoms with Crippen molar-refractivity contribution < 1.29 is 23.5 Å². The van der Waals surface area contributed by atoms with E-state index >= 15 is 0 Å². The van der Waals surface area contributed by atoms with E-state index in [4.69, 9.17) is 13.9 Å². The highest BCUT2D eigenvalue weighted by Gasteiger charge is 2.22. The zero-order valence-electron chi connectivity index (χ0n) is 14.3. The molecular formula is C18H20N2O5S. The van der Waals surface area contributed by atoms with Gasteiger partial charge in [0.1, 0.15) is 6.04 Å². The van der Waals surface area contributed by atoms with Crippen molar-refractivity contribution in [3.8, 4) is 11.5 Å². The SMILES string of the molecule is CSCC[C@H](NC(=O)c1ccco1)C(=O)NCc1ccc2c(c1)OCO2. The number of benzene rings is 1. The van der Waals surface area contributed by atoms with Gasteiger partial charge >= 0.3 is 0 Å². The van der Waals surface area contributed by atoms with Gasteiger partial charge < -0.3 is 24.5 Å². The Kier molecular flexibility index (Phi) is 6.06. The van der Waals surface area contributed by atoms with Crippen molar-refractivity contribution in [3.05, 3.63) is 47.9 Å². The molecule has 2 N–H and O–H groups in total. The van der Waals surface area contributed by atoms with Gasteiger partial charge in [0.25, 0.3) is 5.91 Å². The van der Waals surface area contributed by atoms with Crippen LogP contribution in [-0.4, -0.2) is 36.7 Å². The number of carbonyl (C=O) groups is 2. The number of fused-ring (bicyclic) bond motifs is 1. The second-order valence-electron chi connectivity index (χ2n) is 5.69. The Hall–Kier alpha value is -2.61. The lowest BCUT2D eigenvalue weighted by molar-refractivity contribution is -0.123. The molecule has 1 aromatic heterocycles. The van der Waals surface area contributed by atoms with E-state index in [1.165, 1.54) is 6.26 Å². The van der Waals surface area contributed by atoms with Gasteiger partial charge in [0, 0.05) is 6.54 Å². The lowest BCUT2D eigenvalue weighted by atomic mass is 10.1.